The zero-order valence-electron chi connectivity index (χ0n) is 16.8. The number of para-hydroxylation sites is 1. The highest BCUT2D eigenvalue weighted by Crippen LogP contribution is 2.22. The quantitative estimate of drug-likeness (QED) is 0.483. The van der Waals surface area contributed by atoms with Gasteiger partial charge in [0.1, 0.15) is 5.75 Å². The fourth-order valence-electron chi connectivity index (χ4n) is 3.18. The van der Waals surface area contributed by atoms with Crippen molar-refractivity contribution in [2.75, 3.05) is 5.32 Å². The Morgan fingerprint density at radius 2 is 1.67 bits per heavy atom. The van der Waals surface area contributed by atoms with Crippen LogP contribution in [0.15, 0.2) is 77.3 Å². The van der Waals surface area contributed by atoms with Crippen LogP contribution in [0, 0.1) is 13.8 Å². The van der Waals surface area contributed by atoms with Gasteiger partial charge in [-0.15, -0.1) is 0 Å². The normalized spacial score (nSPS) is 10.6. The molecule has 0 aliphatic heterocycles. The molecule has 0 bridgehead atoms. The second-order valence-electron chi connectivity index (χ2n) is 6.99. The molecule has 3 aromatic carbocycles. The Hall–Kier alpha value is -3.93. The molecule has 1 N–H and O–H groups in total. The maximum absolute atomic E-state index is 12.8. The van der Waals surface area contributed by atoms with Crippen LogP contribution >= 0.6 is 0 Å². The first kappa shape index (κ1) is 19.4. The Morgan fingerprint density at radius 3 is 2.43 bits per heavy atom. The Bertz CT molecular complexity index is 1150. The summed E-state index contributed by atoms with van der Waals surface area (Å²) < 4.78 is 11.1. The molecule has 6 heteroatoms. The SMILES string of the molecule is Cc1cc(C)cc(NC(=O)c2ccccc2OCc2nc(-c3ccccc3)no2)c1. The van der Waals surface area contributed by atoms with Gasteiger partial charge in [-0.05, 0) is 49.2 Å². The lowest BCUT2D eigenvalue weighted by Gasteiger charge is -2.11. The molecule has 1 amide bonds. The number of ether oxygens (including phenoxy) is 1. The summed E-state index contributed by atoms with van der Waals surface area (Å²) in [4.78, 5) is 17.2. The molecule has 1 aromatic heterocycles. The molecular formula is C24H21N3O3. The topological polar surface area (TPSA) is 77.2 Å². The Balaban J connectivity index is 1.47. The van der Waals surface area contributed by atoms with Gasteiger partial charge in [-0.3, -0.25) is 4.79 Å². The summed E-state index contributed by atoms with van der Waals surface area (Å²) >= 11 is 0. The number of anilines is 1. The third kappa shape index (κ3) is 4.55. The van der Waals surface area contributed by atoms with E-state index in [2.05, 4.69) is 21.5 Å². The van der Waals surface area contributed by atoms with Crippen molar-refractivity contribution < 1.29 is 14.1 Å². The average Bonchev–Trinajstić information content (AvgIpc) is 3.21. The van der Waals surface area contributed by atoms with Crippen LogP contribution < -0.4 is 10.1 Å². The summed E-state index contributed by atoms with van der Waals surface area (Å²) in [5.74, 6) is 1.03. The molecule has 30 heavy (non-hydrogen) atoms. The smallest absolute Gasteiger partial charge is 0.264 e. The number of nitrogens with one attached hydrogen (secondary N) is 1. The van der Waals surface area contributed by atoms with Crippen molar-refractivity contribution in [3.05, 3.63) is 95.4 Å². The minimum Gasteiger partial charge on any atom is -0.483 e. The minimum atomic E-state index is -0.244. The van der Waals surface area contributed by atoms with Gasteiger partial charge in [0.25, 0.3) is 11.8 Å². The van der Waals surface area contributed by atoms with Crippen molar-refractivity contribution in [3.8, 4) is 17.1 Å². The van der Waals surface area contributed by atoms with Gasteiger partial charge in [0.15, 0.2) is 6.61 Å². The molecular weight excluding hydrogens is 378 g/mol. The fourth-order valence-corrected chi connectivity index (χ4v) is 3.18. The van der Waals surface area contributed by atoms with Gasteiger partial charge < -0.3 is 14.6 Å². The Labute approximate surface area is 174 Å². The van der Waals surface area contributed by atoms with Gasteiger partial charge in [-0.2, -0.15) is 4.98 Å². The number of hydrogen-bond donors (Lipinski definition) is 1. The van der Waals surface area contributed by atoms with Crippen molar-refractivity contribution in [2.24, 2.45) is 0 Å². The van der Waals surface area contributed by atoms with E-state index in [1.807, 2.05) is 62.4 Å². The van der Waals surface area contributed by atoms with Crippen molar-refractivity contribution in [1.82, 2.24) is 10.1 Å². The van der Waals surface area contributed by atoms with Crippen molar-refractivity contribution in [1.29, 1.82) is 0 Å². The number of aryl methyl sites for hydroxylation is 2. The van der Waals surface area contributed by atoms with Gasteiger partial charge in [0.05, 0.1) is 5.56 Å². The van der Waals surface area contributed by atoms with Gasteiger partial charge in [0.2, 0.25) is 5.82 Å². The zero-order valence-corrected chi connectivity index (χ0v) is 16.8. The summed E-state index contributed by atoms with van der Waals surface area (Å²) in [7, 11) is 0. The summed E-state index contributed by atoms with van der Waals surface area (Å²) in [5.41, 5.74) is 4.21. The first-order valence-electron chi connectivity index (χ1n) is 9.58. The number of rotatable bonds is 6. The van der Waals surface area contributed by atoms with Crippen molar-refractivity contribution >= 4 is 11.6 Å². The molecule has 0 atom stereocenters. The van der Waals surface area contributed by atoms with Crippen LogP contribution in [0.25, 0.3) is 11.4 Å². The highest BCUT2D eigenvalue weighted by atomic mass is 16.5. The number of amides is 1. The zero-order chi connectivity index (χ0) is 20.9. The first-order chi connectivity index (χ1) is 14.6. The lowest BCUT2D eigenvalue weighted by molar-refractivity contribution is 0.102. The summed E-state index contributed by atoms with van der Waals surface area (Å²) in [6.07, 6.45) is 0. The largest absolute Gasteiger partial charge is 0.483 e. The number of carbonyl (C=O) groups excluding carboxylic acids is 1. The molecule has 0 fully saturated rings. The molecule has 4 rings (SSSR count). The molecule has 0 spiro atoms. The van der Waals surface area contributed by atoms with Gasteiger partial charge in [-0.25, -0.2) is 0 Å². The molecule has 0 aliphatic carbocycles. The van der Waals surface area contributed by atoms with E-state index in [0.717, 1.165) is 22.4 Å². The van der Waals surface area contributed by atoms with E-state index in [9.17, 15) is 4.79 Å². The lowest BCUT2D eigenvalue weighted by atomic mass is 10.1. The molecule has 150 valence electrons. The second kappa shape index (κ2) is 8.61. The Morgan fingerprint density at radius 1 is 0.967 bits per heavy atom. The molecule has 0 aliphatic rings. The number of nitrogens with zero attached hydrogens (tertiary/aromatic N) is 2. The minimum absolute atomic E-state index is 0.0632. The van der Waals surface area contributed by atoms with Crippen LogP contribution in [0.2, 0.25) is 0 Å². The summed E-state index contributed by atoms with van der Waals surface area (Å²) in [6, 6.07) is 22.5. The van der Waals surface area contributed by atoms with Gasteiger partial charge >= 0.3 is 0 Å². The average molecular weight is 399 g/mol. The first-order valence-corrected chi connectivity index (χ1v) is 9.58. The maximum atomic E-state index is 12.8. The predicted octanol–water partition coefficient (Wildman–Crippen LogP) is 5.18. The second-order valence-corrected chi connectivity index (χ2v) is 6.99. The summed E-state index contributed by atoms with van der Waals surface area (Å²) in [5, 5.41) is 6.92. The van der Waals surface area contributed by atoms with Gasteiger partial charge in [0, 0.05) is 11.3 Å². The number of carbonyl (C=O) groups is 1. The standard InChI is InChI=1S/C24H21N3O3/c1-16-12-17(2)14-19(13-16)25-24(28)20-10-6-7-11-21(20)29-15-22-26-23(27-30-22)18-8-4-3-5-9-18/h3-14H,15H2,1-2H3,(H,25,28). The van der Waals surface area contributed by atoms with Crippen LogP contribution in [-0.2, 0) is 6.61 Å². The molecule has 0 saturated carbocycles. The van der Waals surface area contributed by atoms with E-state index < -0.39 is 0 Å². The Kier molecular flexibility index (Phi) is 5.57. The van der Waals surface area contributed by atoms with E-state index in [4.69, 9.17) is 9.26 Å². The van der Waals surface area contributed by atoms with E-state index in [-0.39, 0.29) is 12.5 Å². The van der Waals surface area contributed by atoms with Crippen LogP contribution in [0.5, 0.6) is 5.75 Å². The summed E-state index contributed by atoms with van der Waals surface area (Å²) in [6.45, 7) is 4.05. The van der Waals surface area contributed by atoms with Crippen LogP contribution in [0.3, 0.4) is 0 Å². The van der Waals surface area contributed by atoms with E-state index in [1.54, 1.807) is 18.2 Å². The van der Waals surface area contributed by atoms with Crippen LogP contribution in [-0.4, -0.2) is 16.0 Å². The highest BCUT2D eigenvalue weighted by molar-refractivity contribution is 6.06. The number of benzene rings is 3. The molecule has 4 aromatic rings. The van der Waals surface area contributed by atoms with Crippen molar-refractivity contribution in [2.45, 2.75) is 20.5 Å². The van der Waals surface area contributed by atoms with Crippen LogP contribution in [0.4, 0.5) is 5.69 Å². The third-order valence-corrected chi connectivity index (χ3v) is 4.46. The monoisotopic (exact) mass is 399 g/mol. The molecule has 0 unspecified atom stereocenters. The predicted molar refractivity (Wildman–Crippen MR) is 114 cm³/mol. The number of aromatic nitrogens is 2. The molecule has 0 saturated heterocycles. The molecule has 0 radical (unpaired) electrons. The highest BCUT2D eigenvalue weighted by Gasteiger charge is 2.15. The number of hydrogen-bond acceptors (Lipinski definition) is 5. The third-order valence-electron chi connectivity index (χ3n) is 4.46. The lowest BCUT2D eigenvalue weighted by Crippen LogP contribution is -2.14. The van der Waals surface area contributed by atoms with Crippen molar-refractivity contribution in [3.63, 3.8) is 0 Å². The van der Waals surface area contributed by atoms with E-state index in [0.29, 0.717) is 23.0 Å². The van der Waals surface area contributed by atoms with E-state index in [1.165, 1.54) is 0 Å². The molecule has 6 nitrogen and oxygen atoms in total. The molecule has 1 heterocycles. The maximum Gasteiger partial charge on any atom is 0.264 e. The van der Waals surface area contributed by atoms with Crippen LogP contribution in [0.1, 0.15) is 27.4 Å². The van der Waals surface area contributed by atoms with E-state index >= 15 is 0 Å². The fraction of sp³-hybridized carbons (Fsp3) is 0.125. The van der Waals surface area contributed by atoms with Gasteiger partial charge in [-0.1, -0.05) is 53.7 Å².